The summed E-state index contributed by atoms with van der Waals surface area (Å²) in [4.78, 5) is 27.1. The molecule has 19 heavy (non-hydrogen) atoms. The number of urea groups is 1. The van der Waals surface area contributed by atoms with Gasteiger partial charge in [-0.1, -0.05) is 0 Å². The van der Waals surface area contributed by atoms with Crippen LogP contribution in [0, 0.1) is 0 Å². The SMILES string of the molecule is CC1SCC(C(=O)O)N1C(=O)N1CCSC(C)(C)C1. The third-order valence-corrected chi connectivity index (χ3v) is 5.94. The van der Waals surface area contributed by atoms with E-state index in [1.54, 1.807) is 4.90 Å². The van der Waals surface area contributed by atoms with Gasteiger partial charge in [-0.3, -0.25) is 4.90 Å². The Labute approximate surface area is 122 Å². The van der Waals surface area contributed by atoms with Crippen molar-refractivity contribution in [3.63, 3.8) is 0 Å². The van der Waals surface area contributed by atoms with Gasteiger partial charge in [0.25, 0.3) is 0 Å². The van der Waals surface area contributed by atoms with E-state index in [1.807, 2.05) is 18.7 Å². The summed E-state index contributed by atoms with van der Waals surface area (Å²) >= 11 is 3.38. The normalized spacial score (nSPS) is 30.5. The predicted molar refractivity (Wildman–Crippen MR) is 78.7 cm³/mol. The maximum atomic E-state index is 12.6. The summed E-state index contributed by atoms with van der Waals surface area (Å²) < 4.78 is 0.0444. The average molecular weight is 304 g/mol. The van der Waals surface area contributed by atoms with E-state index in [2.05, 4.69) is 13.8 Å². The van der Waals surface area contributed by atoms with E-state index in [9.17, 15) is 14.7 Å². The topological polar surface area (TPSA) is 60.9 Å². The van der Waals surface area contributed by atoms with Crippen LogP contribution in [0.25, 0.3) is 0 Å². The van der Waals surface area contributed by atoms with E-state index >= 15 is 0 Å². The second kappa shape index (κ2) is 5.44. The van der Waals surface area contributed by atoms with Crippen LogP contribution in [0.3, 0.4) is 0 Å². The molecule has 0 aliphatic carbocycles. The molecule has 2 amide bonds. The standard InChI is InChI=1S/C12H20N2O3S2/c1-8-14(9(6-18-8)10(15)16)11(17)13-4-5-19-12(2,3)7-13/h8-9H,4-7H2,1-3H3,(H,15,16). The first-order valence-electron chi connectivity index (χ1n) is 6.37. The van der Waals surface area contributed by atoms with Gasteiger partial charge in [0.15, 0.2) is 0 Å². The molecule has 2 aliphatic rings. The lowest BCUT2D eigenvalue weighted by atomic mass is 10.2. The van der Waals surface area contributed by atoms with E-state index in [1.165, 1.54) is 16.7 Å². The van der Waals surface area contributed by atoms with Crippen LogP contribution < -0.4 is 0 Å². The number of nitrogens with zero attached hydrogens (tertiary/aromatic N) is 2. The monoisotopic (exact) mass is 304 g/mol. The fourth-order valence-electron chi connectivity index (χ4n) is 2.47. The highest BCUT2D eigenvalue weighted by Gasteiger charge is 2.42. The Morgan fingerprint density at radius 3 is 2.63 bits per heavy atom. The van der Waals surface area contributed by atoms with E-state index < -0.39 is 12.0 Å². The fraction of sp³-hybridized carbons (Fsp3) is 0.833. The van der Waals surface area contributed by atoms with Crippen molar-refractivity contribution < 1.29 is 14.7 Å². The molecular weight excluding hydrogens is 284 g/mol. The van der Waals surface area contributed by atoms with Gasteiger partial charge in [-0.25, -0.2) is 9.59 Å². The molecule has 2 atom stereocenters. The van der Waals surface area contributed by atoms with Gasteiger partial charge in [0.2, 0.25) is 0 Å². The fourth-order valence-corrected chi connectivity index (χ4v) is 4.74. The Morgan fingerprint density at radius 1 is 1.37 bits per heavy atom. The molecule has 0 spiro atoms. The minimum atomic E-state index is -0.907. The highest BCUT2D eigenvalue weighted by molar-refractivity contribution is 8.00. The molecule has 1 N–H and O–H groups in total. The largest absolute Gasteiger partial charge is 0.480 e. The van der Waals surface area contributed by atoms with Gasteiger partial charge in [0, 0.05) is 29.3 Å². The zero-order valence-electron chi connectivity index (χ0n) is 11.5. The van der Waals surface area contributed by atoms with Crippen LogP contribution in [-0.4, -0.2) is 67.7 Å². The summed E-state index contributed by atoms with van der Waals surface area (Å²) in [6, 6.07) is -0.816. The van der Waals surface area contributed by atoms with Crippen molar-refractivity contribution in [1.82, 2.24) is 9.80 Å². The summed E-state index contributed by atoms with van der Waals surface area (Å²) in [5.74, 6) is 0.482. The molecule has 2 rings (SSSR count). The second-order valence-electron chi connectivity index (χ2n) is 5.51. The summed E-state index contributed by atoms with van der Waals surface area (Å²) in [5.41, 5.74) is 0. The molecule has 0 saturated carbocycles. The predicted octanol–water partition coefficient (Wildman–Crippen LogP) is 1.78. The third-order valence-electron chi connectivity index (χ3n) is 3.42. The molecule has 0 bridgehead atoms. The van der Waals surface area contributed by atoms with E-state index in [0.717, 1.165) is 5.75 Å². The lowest BCUT2D eigenvalue weighted by Crippen LogP contribution is -2.55. The first kappa shape index (κ1) is 14.8. The van der Waals surface area contributed by atoms with Crippen molar-refractivity contribution in [2.75, 3.05) is 24.6 Å². The molecule has 108 valence electrons. The van der Waals surface area contributed by atoms with Crippen molar-refractivity contribution in [1.29, 1.82) is 0 Å². The molecule has 2 fully saturated rings. The first-order chi connectivity index (χ1) is 8.82. The number of hydrogen-bond acceptors (Lipinski definition) is 4. The Kier molecular flexibility index (Phi) is 4.25. The Balaban J connectivity index is 2.11. The number of thioether (sulfide) groups is 2. The van der Waals surface area contributed by atoms with Gasteiger partial charge in [-0.15, -0.1) is 11.8 Å². The van der Waals surface area contributed by atoms with Gasteiger partial charge in [0.05, 0.1) is 5.37 Å². The van der Waals surface area contributed by atoms with Crippen molar-refractivity contribution in [3.8, 4) is 0 Å². The van der Waals surface area contributed by atoms with Crippen LogP contribution in [-0.2, 0) is 4.79 Å². The molecule has 0 aromatic carbocycles. The number of carboxylic acids is 1. The molecule has 2 heterocycles. The van der Waals surface area contributed by atoms with Crippen LogP contribution >= 0.6 is 23.5 Å². The summed E-state index contributed by atoms with van der Waals surface area (Å²) in [5, 5.41) is 9.16. The van der Waals surface area contributed by atoms with Gasteiger partial charge >= 0.3 is 12.0 Å². The molecule has 2 unspecified atom stereocenters. The molecule has 0 radical (unpaired) electrons. The molecule has 2 aliphatic heterocycles. The number of carboxylic acid groups (broad SMARTS) is 1. The number of amides is 2. The number of carbonyl (C=O) groups excluding carboxylic acids is 1. The minimum Gasteiger partial charge on any atom is -0.480 e. The quantitative estimate of drug-likeness (QED) is 0.800. The van der Waals surface area contributed by atoms with Crippen LogP contribution in [0.15, 0.2) is 0 Å². The molecule has 0 aromatic rings. The van der Waals surface area contributed by atoms with Crippen molar-refractivity contribution in [2.45, 2.75) is 36.9 Å². The lowest BCUT2D eigenvalue weighted by Gasteiger charge is -2.40. The van der Waals surface area contributed by atoms with Crippen LogP contribution in [0.2, 0.25) is 0 Å². The van der Waals surface area contributed by atoms with Crippen molar-refractivity contribution in [2.24, 2.45) is 0 Å². The molecule has 5 nitrogen and oxygen atoms in total. The molecular formula is C12H20N2O3S2. The summed E-state index contributed by atoms with van der Waals surface area (Å²) in [7, 11) is 0. The third kappa shape index (κ3) is 3.13. The lowest BCUT2D eigenvalue weighted by molar-refractivity contribution is -0.141. The second-order valence-corrected chi connectivity index (χ2v) is 8.66. The number of hydrogen-bond donors (Lipinski definition) is 1. The highest BCUT2D eigenvalue weighted by Crippen LogP contribution is 2.33. The molecule has 2 saturated heterocycles. The van der Waals surface area contributed by atoms with Crippen LogP contribution in [0.1, 0.15) is 20.8 Å². The summed E-state index contributed by atoms with van der Waals surface area (Å²) in [6.07, 6.45) is 0. The Hall–Kier alpha value is -0.560. The maximum Gasteiger partial charge on any atom is 0.327 e. The number of rotatable bonds is 1. The van der Waals surface area contributed by atoms with E-state index in [-0.39, 0.29) is 16.2 Å². The zero-order valence-corrected chi connectivity index (χ0v) is 13.1. The van der Waals surface area contributed by atoms with Gasteiger partial charge in [-0.05, 0) is 20.8 Å². The summed E-state index contributed by atoms with van der Waals surface area (Å²) in [6.45, 7) is 7.51. The first-order valence-corrected chi connectivity index (χ1v) is 8.41. The van der Waals surface area contributed by atoms with E-state index in [0.29, 0.717) is 18.8 Å². The van der Waals surface area contributed by atoms with Crippen LogP contribution in [0.4, 0.5) is 4.79 Å². The smallest absolute Gasteiger partial charge is 0.327 e. The van der Waals surface area contributed by atoms with Gasteiger partial charge in [-0.2, -0.15) is 11.8 Å². The number of carbonyl (C=O) groups is 2. The minimum absolute atomic E-state index is 0.0444. The molecule has 7 heteroatoms. The van der Waals surface area contributed by atoms with Crippen molar-refractivity contribution >= 4 is 35.5 Å². The molecule has 0 aromatic heterocycles. The highest BCUT2D eigenvalue weighted by atomic mass is 32.2. The zero-order chi connectivity index (χ0) is 14.2. The van der Waals surface area contributed by atoms with Gasteiger partial charge < -0.3 is 10.0 Å². The van der Waals surface area contributed by atoms with Crippen LogP contribution in [0.5, 0.6) is 0 Å². The Morgan fingerprint density at radius 2 is 2.05 bits per heavy atom. The van der Waals surface area contributed by atoms with Gasteiger partial charge in [0.1, 0.15) is 6.04 Å². The maximum absolute atomic E-state index is 12.6. The van der Waals surface area contributed by atoms with E-state index in [4.69, 9.17) is 0 Å². The van der Waals surface area contributed by atoms with Crippen molar-refractivity contribution in [3.05, 3.63) is 0 Å². The Bertz CT molecular complexity index is 389. The number of aliphatic carboxylic acids is 1. The average Bonchev–Trinajstić information content (AvgIpc) is 2.69.